The average molecular weight is 436 g/mol. The lowest BCUT2D eigenvalue weighted by Crippen LogP contribution is -2.36. The molecule has 2 aromatic carbocycles. The van der Waals surface area contributed by atoms with Crippen LogP contribution in [0.1, 0.15) is 37.9 Å². The maximum Gasteiger partial charge on any atom is 0.227 e. The molecule has 0 radical (unpaired) electrons. The smallest absolute Gasteiger partial charge is 0.227 e. The summed E-state index contributed by atoms with van der Waals surface area (Å²) in [5.74, 6) is 1.49. The fraction of sp³-hybridized carbons (Fsp3) is 0.423. The van der Waals surface area contributed by atoms with E-state index in [-0.39, 0.29) is 6.10 Å². The van der Waals surface area contributed by atoms with Gasteiger partial charge in [0.2, 0.25) is 5.88 Å². The summed E-state index contributed by atoms with van der Waals surface area (Å²) in [6.45, 7) is 7.58. The van der Waals surface area contributed by atoms with E-state index < -0.39 is 6.10 Å². The maximum absolute atomic E-state index is 10.6. The van der Waals surface area contributed by atoms with Crippen LogP contribution >= 0.6 is 0 Å². The molecule has 1 aliphatic rings. The summed E-state index contributed by atoms with van der Waals surface area (Å²) in [5.41, 5.74) is 2.93. The second-order valence-corrected chi connectivity index (χ2v) is 8.73. The number of aliphatic hydroxyl groups is 1. The van der Waals surface area contributed by atoms with Gasteiger partial charge in [-0.15, -0.1) is 0 Å². The van der Waals surface area contributed by atoms with E-state index >= 15 is 0 Å². The third kappa shape index (κ3) is 5.76. The Balaban J connectivity index is 1.62. The first-order valence-electron chi connectivity index (χ1n) is 11.4. The molecule has 0 amide bonds. The van der Waals surface area contributed by atoms with Crippen LogP contribution < -0.4 is 4.74 Å². The van der Waals surface area contributed by atoms with Crippen LogP contribution in [0.4, 0.5) is 0 Å². The van der Waals surface area contributed by atoms with E-state index in [1.807, 2.05) is 86.1 Å². The number of aliphatic hydroxyl groups excluding tert-OH is 1. The van der Waals surface area contributed by atoms with E-state index in [9.17, 15) is 5.11 Å². The molecule has 1 heterocycles. The van der Waals surface area contributed by atoms with Gasteiger partial charge in [-0.25, -0.2) is 4.68 Å². The van der Waals surface area contributed by atoms with Gasteiger partial charge in [0.15, 0.2) is 0 Å². The van der Waals surface area contributed by atoms with Crippen molar-refractivity contribution in [1.29, 1.82) is 0 Å². The summed E-state index contributed by atoms with van der Waals surface area (Å²) in [5, 5.41) is 15.4. The summed E-state index contributed by atoms with van der Waals surface area (Å²) < 4.78 is 13.9. The van der Waals surface area contributed by atoms with Gasteiger partial charge in [-0.1, -0.05) is 36.4 Å². The number of rotatable bonds is 11. The molecule has 0 bridgehead atoms. The summed E-state index contributed by atoms with van der Waals surface area (Å²) in [6, 6.07) is 20.3. The average Bonchev–Trinajstić information content (AvgIpc) is 3.60. The third-order valence-corrected chi connectivity index (χ3v) is 5.59. The highest BCUT2D eigenvalue weighted by molar-refractivity contribution is 5.43. The molecule has 1 saturated carbocycles. The zero-order chi connectivity index (χ0) is 22.5. The second kappa shape index (κ2) is 10.3. The molecule has 0 saturated heterocycles. The van der Waals surface area contributed by atoms with Crippen LogP contribution in [0.5, 0.6) is 11.6 Å². The monoisotopic (exact) mass is 435 g/mol. The van der Waals surface area contributed by atoms with Crippen LogP contribution in [0.2, 0.25) is 0 Å². The van der Waals surface area contributed by atoms with Gasteiger partial charge in [0.05, 0.1) is 35.8 Å². The summed E-state index contributed by atoms with van der Waals surface area (Å²) in [4.78, 5) is 2.34. The lowest BCUT2D eigenvalue weighted by Gasteiger charge is -2.25. The van der Waals surface area contributed by atoms with Crippen molar-refractivity contribution in [3.8, 4) is 17.3 Å². The molecule has 1 aliphatic carbocycles. The van der Waals surface area contributed by atoms with Crippen LogP contribution in [0.3, 0.4) is 0 Å². The predicted molar refractivity (Wildman–Crippen MR) is 125 cm³/mol. The molecule has 170 valence electrons. The van der Waals surface area contributed by atoms with Crippen molar-refractivity contribution in [2.45, 2.75) is 58.4 Å². The number of benzene rings is 2. The fourth-order valence-corrected chi connectivity index (χ4v) is 3.78. The van der Waals surface area contributed by atoms with E-state index in [1.165, 1.54) is 0 Å². The third-order valence-electron chi connectivity index (χ3n) is 5.59. The topological polar surface area (TPSA) is 59.8 Å². The van der Waals surface area contributed by atoms with Gasteiger partial charge in [-0.3, -0.25) is 4.90 Å². The first kappa shape index (κ1) is 22.5. The molecule has 1 unspecified atom stereocenters. The molecule has 1 N–H and O–H groups in total. The van der Waals surface area contributed by atoms with Crippen molar-refractivity contribution >= 4 is 0 Å². The molecular formula is C26H33N3O3. The van der Waals surface area contributed by atoms with E-state index in [1.54, 1.807) is 0 Å². The van der Waals surface area contributed by atoms with E-state index in [2.05, 4.69) is 4.90 Å². The van der Waals surface area contributed by atoms with E-state index in [4.69, 9.17) is 14.6 Å². The Bertz CT molecular complexity index is 984. The largest absolute Gasteiger partial charge is 0.439 e. The fourth-order valence-electron chi connectivity index (χ4n) is 3.78. The number of para-hydroxylation sites is 2. The Morgan fingerprint density at radius 1 is 1.06 bits per heavy atom. The number of nitrogens with zero attached hydrogens (tertiary/aromatic N) is 3. The molecule has 0 aliphatic heterocycles. The van der Waals surface area contributed by atoms with Crippen molar-refractivity contribution in [3.05, 3.63) is 71.9 Å². The Kier molecular flexibility index (Phi) is 7.25. The van der Waals surface area contributed by atoms with Gasteiger partial charge >= 0.3 is 0 Å². The first-order chi connectivity index (χ1) is 15.5. The molecule has 1 atom stereocenters. The summed E-state index contributed by atoms with van der Waals surface area (Å²) in [6.07, 6.45) is 1.88. The maximum atomic E-state index is 10.6. The molecule has 0 spiro atoms. The zero-order valence-corrected chi connectivity index (χ0v) is 19.1. The molecule has 1 aromatic heterocycles. The molecule has 3 aromatic rings. The first-order valence-corrected chi connectivity index (χ1v) is 11.4. The van der Waals surface area contributed by atoms with Crippen LogP contribution in [0.25, 0.3) is 5.69 Å². The van der Waals surface area contributed by atoms with Crippen LogP contribution in [0, 0.1) is 6.92 Å². The molecular weight excluding hydrogens is 402 g/mol. The van der Waals surface area contributed by atoms with Crippen molar-refractivity contribution in [2.24, 2.45) is 0 Å². The highest BCUT2D eigenvalue weighted by atomic mass is 16.5. The van der Waals surface area contributed by atoms with Gasteiger partial charge in [-0.05, 0) is 57.9 Å². The van der Waals surface area contributed by atoms with E-state index in [0.29, 0.717) is 25.7 Å². The van der Waals surface area contributed by atoms with Gasteiger partial charge in [0.25, 0.3) is 0 Å². The number of hydrogen-bond donors (Lipinski definition) is 1. The Hall–Kier alpha value is -2.67. The summed E-state index contributed by atoms with van der Waals surface area (Å²) in [7, 11) is 0. The Morgan fingerprint density at radius 3 is 2.34 bits per heavy atom. The van der Waals surface area contributed by atoms with Crippen molar-refractivity contribution in [1.82, 2.24) is 14.7 Å². The van der Waals surface area contributed by atoms with E-state index in [0.717, 1.165) is 41.4 Å². The number of hydrogen-bond acceptors (Lipinski definition) is 5. The minimum Gasteiger partial charge on any atom is -0.439 e. The molecule has 4 rings (SSSR count). The highest BCUT2D eigenvalue weighted by Gasteiger charge is 2.32. The van der Waals surface area contributed by atoms with Gasteiger partial charge in [-0.2, -0.15) is 5.10 Å². The minimum atomic E-state index is -0.527. The van der Waals surface area contributed by atoms with Crippen molar-refractivity contribution < 1.29 is 14.6 Å². The van der Waals surface area contributed by atoms with Crippen LogP contribution in [-0.4, -0.2) is 51.2 Å². The highest BCUT2D eigenvalue weighted by Crippen LogP contribution is 2.35. The minimum absolute atomic E-state index is 0.108. The Morgan fingerprint density at radius 2 is 1.72 bits per heavy atom. The van der Waals surface area contributed by atoms with Gasteiger partial charge in [0.1, 0.15) is 5.75 Å². The van der Waals surface area contributed by atoms with Crippen molar-refractivity contribution in [3.63, 3.8) is 0 Å². The molecule has 1 fully saturated rings. The quantitative estimate of drug-likeness (QED) is 0.472. The second-order valence-electron chi connectivity index (χ2n) is 8.73. The van der Waals surface area contributed by atoms with Crippen LogP contribution in [-0.2, 0) is 11.3 Å². The normalized spacial score (nSPS) is 14.8. The molecule has 32 heavy (non-hydrogen) atoms. The number of aryl methyl sites for hydroxylation is 1. The lowest BCUT2D eigenvalue weighted by atomic mass is 10.2. The van der Waals surface area contributed by atoms with Gasteiger partial charge in [0, 0.05) is 19.1 Å². The summed E-state index contributed by atoms with van der Waals surface area (Å²) >= 11 is 0. The zero-order valence-electron chi connectivity index (χ0n) is 19.1. The lowest BCUT2D eigenvalue weighted by molar-refractivity contribution is -0.0107. The number of ether oxygens (including phenoxy) is 2. The Labute approximate surface area is 190 Å². The molecule has 6 nitrogen and oxygen atoms in total. The SMILES string of the molecule is Cc1nn(-c2ccccc2)c(Oc2ccccc2)c1CN(CC(O)COC(C)C)C1CC1. The van der Waals surface area contributed by atoms with Crippen molar-refractivity contribution in [2.75, 3.05) is 13.2 Å². The molecule has 6 heteroatoms. The standard InChI is InChI=1S/C26H33N3O3/c1-19(2)31-18-23(30)16-28(21-14-15-21)17-25-20(3)27-29(22-10-6-4-7-11-22)26(25)32-24-12-8-5-9-13-24/h4-13,19,21,23,30H,14-18H2,1-3H3. The predicted octanol–water partition coefficient (Wildman–Crippen LogP) is 4.72. The van der Waals surface area contributed by atoms with Gasteiger partial charge < -0.3 is 14.6 Å². The number of aromatic nitrogens is 2. The van der Waals surface area contributed by atoms with Crippen LogP contribution in [0.15, 0.2) is 60.7 Å².